The molecular weight excluding hydrogens is 266 g/mol. The van der Waals surface area contributed by atoms with Gasteiger partial charge in [0.1, 0.15) is 17.4 Å². The highest BCUT2D eigenvalue weighted by Crippen LogP contribution is 2.21. The van der Waals surface area contributed by atoms with Gasteiger partial charge in [0.15, 0.2) is 5.82 Å². The van der Waals surface area contributed by atoms with E-state index in [4.69, 9.17) is 21.4 Å². The third kappa shape index (κ3) is 1.94. The van der Waals surface area contributed by atoms with E-state index in [0.717, 1.165) is 5.52 Å². The monoisotopic (exact) mass is 273 g/mol. The molecule has 3 aromatic rings. The summed E-state index contributed by atoms with van der Waals surface area (Å²) in [5.74, 6) is 1.45. The van der Waals surface area contributed by atoms with Crippen molar-refractivity contribution in [2.75, 3.05) is 0 Å². The number of halogens is 1. The van der Waals surface area contributed by atoms with Crippen LogP contribution >= 0.6 is 11.6 Å². The third-order valence-electron chi connectivity index (χ3n) is 2.80. The van der Waals surface area contributed by atoms with Crippen molar-refractivity contribution < 1.29 is 4.52 Å². The van der Waals surface area contributed by atoms with Gasteiger partial charge in [0, 0.05) is 0 Å². The van der Waals surface area contributed by atoms with Crippen LogP contribution in [0.5, 0.6) is 0 Å². The van der Waals surface area contributed by atoms with Gasteiger partial charge in [0.05, 0.1) is 23.5 Å². The van der Waals surface area contributed by atoms with Crippen molar-refractivity contribution in [1.29, 1.82) is 5.26 Å². The molecule has 2 heterocycles. The first-order valence-corrected chi connectivity index (χ1v) is 6.06. The molecule has 0 saturated heterocycles. The number of aromatic nitrogens is 4. The van der Waals surface area contributed by atoms with E-state index in [2.05, 4.69) is 21.2 Å². The molecule has 0 atom stereocenters. The Bertz CT molecular complexity index is 756. The number of nitrogens with zero attached hydrogens (tertiary/aromatic N) is 5. The van der Waals surface area contributed by atoms with Crippen molar-refractivity contribution in [3.05, 3.63) is 41.8 Å². The minimum Gasteiger partial charge on any atom is -0.343 e. The van der Waals surface area contributed by atoms with Gasteiger partial charge in [-0.2, -0.15) is 10.2 Å². The predicted octanol–water partition coefficient (Wildman–Crippen LogP) is 2.08. The maximum absolute atomic E-state index is 9.09. The molecule has 7 heteroatoms. The van der Waals surface area contributed by atoms with E-state index < -0.39 is 0 Å². The molecule has 2 aromatic heterocycles. The smallest absolute Gasteiger partial charge is 0.213 e. The number of alkyl halides is 1. The summed E-state index contributed by atoms with van der Waals surface area (Å²) in [6.45, 7) is 0.407. The van der Waals surface area contributed by atoms with Crippen LogP contribution in [-0.2, 0) is 12.4 Å². The maximum atomic E-state index is 9.09. The summed E-state index contributed by atoms with van der Waals surface area (Å²) in [5, 5.41) is 12.9. The summed E-state index contributed by atoms with van der Waals surface area (Å²) in [7, 11) is 0. The Labute approximate surface area is 113 Å². The zero-order valence-corrected chi connectivity index (χ0v) is 10.5. The second-order valence-corrected chi connectivity index (χ2v) is 4.15. The molecule has 1 aromatic carbocycles. The molecule has 0 aliphatic rings. The van der Waals surface area contributed by atoms with Gasteiger partial charge >= 0.3 is 0 Å². The highest BCUT2D eigenvalue weighted by Gasteiger charge is 2.14. The number of benzene rings is 1. The SMILES string of the molecule is N#Cc1cccc2c1nc(CCl)n2Cc1ncon1. The van der Waals surface area contributed by atoms with Gasteiger partial charge in [-0.15, -0.1) is 11.6 Å². The molecule has 0 aliphatic carbocycles. The van der Waals surface area contributed by atoms with Crippen LogP contribution in [0.1, 0.15) is 17.2 Å². The molecular formula is C12H8ClN5O. The van der Waals surface area contributed by atoms with E-state index in [-0.39, 0.29) is 5.88 Å². The largest absolute Gasteiger partial charge is 0.343 e. The van der Waals surface area contributed by atoms with Gasteiger partial charge in [0.25, 0.3) is 0 Å². The van der Waals surface area contributed by atoms with Gasteiger partial charge in [0.2, 0.25) is 6.39 Å². The van der Waals surface area contributed by atoms with Crippen molar-refractivity contribution in [3.63, 3.8) is 0 Å². The predicted molar refractivity (Wildman–Crippen MR) is 67.4 cm³/mol. The van der Waals surface area contributed by atoms with Crippen LogP contribution in [0.2, 0.25) is 0 Å². The van der Waals surface area contributed by atoms with Crippen LogP contribution in [0.15, 0.2) is 29.1 Å². The molecule has 19 heavy (non-hydrogen) atoms. The number of para-hydroxylation sites is 1. The third-order valence-corrected chi connectivity index (χ3v) is 3.04. The molecule has 6 nitrogen and oxygen atoms in total. The van der Waals surface area contributed by atoms with E-state index in [9.17, 15) is 0 Å². The highest BCUT2D eigenvalue weighted by atomic mass is 35.5. The molecule has 3 rings (SSSR count). The second kappa shape index (κ2) is 4.71. The molecule has 0 saturated carbocycles. The van der Waals surface area contributed by atoms with Gasteiger partial charge in [-0.1, -0.05) is 11.2 Å². The molecule has 0 aliphatic heterocycles. The molecule has 0 bridgehead atoms. The number of fused-ring (bicyclic) bond motifs is 1. The van der Waals surface area contributed by atoms with Crippen LogP contribution in [0, 0.1) is 11.3 Å². The van der Waals surface area contributed by atoms with Crippen molar-refractivity contribution in [1.82, 2.24) is 19.7 Å². The molecule has 0 fully saturated rings. The summed E-state index contributed by atoms with van der Waals surface area (Å²) in [6, 6.07) is 7.55. The van der Waals surface area contributed by atoms with E-state index in [1.807, 2.05) is 16.7 Å². The molecule has 0 amide bonds. The molecule has 0 spiro atoms. The summed E-state index contributed by atoms with van der Waals surface area (Å²) >= 11 is 5.91. The Morgan fingerprint density at radius 1 is 1.42 bits per heavy atom. The average molecular weight is 274 g/mol. The molecule has 0 unspecified atom stereocenters. The fraction of sp³-hybridized carbons (Fsp3) is 0.167. The number of rotatable bonds is 3. The van der Waals surface area contributed by atoms with Gasteiger partial charge in [-0.05, 0) is 12.1 Å². The van der Waals surface area contributed by atoms with E-state index in [0.29, 0.717) is 29.3 Å². The second-order valence-electron chi connectivity index (χ2n) is 3.88. The first-order valence-electron chi connectivity index (χ1n) is 5.53. The Morgan fingerprint density at radius 3 is 3.00 bits per heavy atom. The topological polar surface area (TPSA) is 80.5 Å². The van der Waals surface area contributed by atoms with Crippen LogP contribution in [0.3, 0.4) is 0 Å². The lowest BCUT2D eigenvalue weighted by atomic mass is 10.2. The molecule has 0 radical (unpaired) electrons. The lowest BCUT2D eigenvalue weighted by Crippen LogP contribution is -2.05. The maximum Gasteiger partial charge on any atom is 0.213 e. The van der Waals surface area contributed by atoms with Crippen molar-refractivity contribution in [2.45, 2.75) is 12.4 Å². The number of hydrogen-bond donors (Lipinski definition) is 0. The average Bonchev–Trinajstić information content (AvgIpc) is 3.07. The summed E-state index contributed by atoms with van der Waals surface area (Å²) < 4.78 is 6.60. The van der Waals surface area contributed by atoms with Crippen LogP contribution < -0.4 is 0 Å². The fourth-order valence-electron chi connectivity index (χ4n) is 1.97. The number of hydrogen-bond acceptors (Lipinski definition) is 5. The van der Waals surface area contributed by atoms with Crippen molar-refractivity contribution in [3.8, 4) is 6.07 Å². The van der Waals surface area contributed by atoms with E-state index in [1.165, 1.54) is 6.39 Å². The number of imidazole rings is 1. The standard InChI is InChI=1S/C12H8ClN5O/c13-4-11-16-12-8(5-14)2-1-3-9(12)18(11)6-10-15-7-19-17-10/h1-3,7H,4,6H2. The highest BCUT2D eigenvalue weighted by molar-refractivity contribution is 6.16. The summed E-state index contributed by atoms with van der Waals surface area (Å²) in [5.41, 5.74) is 2.00. The lowest BCUT2D eigenvalue weighted by Gasteiger charge is -2.03. The Kier molecular flexibility index (Phi) is 2.89. The van der Waals surface area contributed by atoms with E-state index >= 15 is 0 Å². The molecule has 94 valence electrons. The van der Waals surface area contributed by atoms with Crippen LogP contribution in [0.4, 0.5) is 0 Å². The van der Waals surface area contributed by atoms with Gasteiger partial charge in [-0.3, -0.25) is 0 Å². The van der Waals surface area contributed by atoms with Crippen LogP contribution in [-0.4, -0.2) is 19.7 Å². The quantitative estimate of drug-likeness (QED) is 0.683. The number of nitriles is 1. The van der Waals surface area contributed by atoms with Crippen LogP contribution in [0.25, 0.3) is 11.0 Å². The first-order chi connectivity index (χ1) is 9.33. The minimum absolute atomic E-state index is 0.247. The lowest BCUT2D eigenvalue weighted by molar-refractivity contribution is 0.408. The van der Waals surface area contributed by atoms with Crippen molar-refractivity contribution in [2.24, 2.45) is 0 Å². The molecule has 0 N–H and O–H groups in total. The Hall–Kier alpha value is -2.39. The summed E-state index contributed by atoms with van der Waals surface area (Å²) in [4.78, 5) is 8.39. The van der Waals surface area contributed by atoms with Gasteiger partial charge < -0.3 is 9.09 Å². The van der Waals surface area contributed by atoms with Crippen molar-refractivity contribution >= 4 is 22.6 Å². The Morgan fingerprint density at radius 2 is 2.32 bits per heavy atom. The zero-order chi connectivity index (χ0) is 13.2. The Balaban J connectivity index is 2.19. The fourth-order valence-corrected chi connectivity index (χ4v) is 2.17. The van der Waals surface area contributed by atoms with Gasteiger partial charge in [-0.25, -0.2) is 4.98 Å². The normalized spacial score (nSPS) is 10.7. The van der Waals surface area contributed by atoms with E-state index in [1.54, 1.807) is 6.07 Å². The minimum atomic E-state index is 0.247. The summed E-state index contributed by atoms with van der Waals surface area (Å²) in [6.07, 6.45) is 1.27. The zero-order valence-electron chi connectivity index (χ0n) is 9.75. The first kappa shape index (κ1) is 11.7.